The highest BCUT2D eigenvalue weighted by atomic mass is 16.1. The summed E-state index contributed by atoms with van der Waals surface area (Å²) in [6, 6.07) is 0. The van der Waals surface area contributed by atoms with E-state index in [1.54, 1.807) is 0 Å². The third-order valence-electron chi connectivity index (χ3n) is 9.36. The highest BCUT2D eigenvalue weighted by Crippen LogP contribution is 2.16. The van der Waals surface area contributed by atoms with Crippen molar-refractivity contribution < 1.29 is 4.79 Å². The van der Waals surface area contributed by atoms with Crippen molar-refractivity contribution in [1.82, 2.24) is 5.32 Å². The van der Waals surface area contributed by atoms with E-state index in [4.69, 9.17) is 0 Å². The molecule has 0 aliphatic carbocycles. The molecule has 0 aliphatic rings. The van der Waals surface area contributed by atoms with Gasteiger partial charge in [-0.05, 0) is 12.8 Å². The van der Waals surface area contributed by atoms with Gasteiger partial charge in [0.15, 0.2) is 0 Å². The number of carbonyl (C=O) groups excluding carboxylic acids is 1. The summed E-state index contributed by atoms with van der Waals surface area (Å²) in [7, 11) is 0. The predicted molar refractivity (Wildman–Crippen MR) is 191 cm³/mol. The Hall–Kier alpha value is -0.530. The van der Waals surface area contributed by atoms with Crippen molar-refractivity contribution in [3.63, 3.8) is 0 Å². The molecule has 0 bridgehead atoms. The third kappa shape index (κ3) is 37.5. The van der Waals surface area contributed by atoms with Crippen molar-refractivity contribution in [3.05, 3.63) is 0 Å². The van der Waals surface area contributed by atoms with Gasteiger partial charge < -0.3 is 5.32 Å². The molecule has 0 spiro atoms. The zero-order valence-corrected chi connectivity index (χ0v) is 29.6. The minimum Gasteiger partial charge on any atom is -0.356 e. The van der Waals surface area contributed by atoms with Crippen molar-refractivity contribution in [2.45, 2.75) is 245 Å². The van der Waals surface area contributed by atoms with Crippen LogP contribution in [0.4, 0.5) is 0 Å². The minimum atomic E-state index is 0.280. The van der Waals surface area contributed by atoms with E-state index in [0.717, 1.165) is 25.8 Å². The zero-order valence-electron chi connectivity index (χ0n) is 29.6. The summed E-state index contributed by atoms with van der Waals surface area (Å²) in [5, 5.41) is 3.15. The van der Waals surface area contributed by atoms with Crippen LogP contribution in [-0.2, 0) is 4.79 Å². The van der Waals surface area contributed by atoms with Crippen LogP contribution in [0.15, 0.2) is 0 Å². The van der Waals surface area contributed by atoms with Gasteiger partial charge in [0, 0.05) is 13.0 Å². The lowest BCUT2D eigenvalue weighted by molar-refractivity contribution is -0.121. The van der Waals surface area contributed by atoms with Crippen molar-refractivity contribution in [2.24, 2.45) is 0 Å². The molecule has 0 radical (unpaired) electrons. The van der Waals surface area contributed by atoms with Crippen LogP contribution in [0, 0.1) is 0 Å². The molecule has 0 atom stereocenters. The van der Waals surface area contributed by atoms with Crippen molar-refractivity contribution >= 4 is 5.91 Å². The summed E-state index contributed by atoms with van der Waals surface area (Å²) in [6.45, 7) is 5.48. The highest BCUT2D eigenvalue weighted by Gasteiger charge is 2.01. The van der Waals surface area contributed by atoms with E-state index in [2.05, 4.69) is 19.2 Å². The molecular formula is C40H81NO. The quantitative estimate of drug-likeness (QED) is 0.0715. The Balaban J connectivity index is 3.14. The Morgan fingerprint density at radius 2 is 0.524 bits per heavy atom. The van der Waals surface area contributed by atoms with E-state index >= 15 is 0 Å². The molecule has 0 saturated carbocycles. The summed E-state index contributed by atoms with van der Waals surface area (Å²) in [5.74, 6) is 0.280. The van der Waals surface area contributed by atoms with E-state index in [-0.39, 0.29) is 5.91 Å². The molecular weight excluding hydrogens is 510 g/mol. The number of unbranched alkanes of at least 4 members (excludes halogenated alkanes) is 33. The zero-order chi connectivity index (χ0) is 30.4. The number of hydrogen-bond donors (Lipinski definition) is 1. The van der Waals surface area contributed by atoms with Gasteiger partial charge >= 0.3 is 0 Å². The van der Waals surface area contributed by atoms with Gasteiger partial charge in [-0.25, -0.2) is 0 Å². The van der Waals surface area contributed by atoms with Crippen LogP contribution in [0.5, 0.6) is 0 Å². The maximum absolute atomic E-state index is 12.1. The molecule has 0 aromatic rings. The van der Waals surface area contributed by atoms with Gasteiger partial charge in [-0.2, -0.15) is 0 Å². The van der Waals surface area contributed by atoms with Crippen LogP contribution in [-0.4, -0.2) is 12.5 Å². The summed E-state index contributed by atoms with van der Waals surface area (Å²) >= 11 is 0. The highest BCUT2D eigenvalue weighted by molar-refractivity contribution is 5.75. The lowest BCUT2D eigenvalue weighted by Gasteiger charge is -2.06. The fourth-order valence-corrected chi connectivity index (χ4v) is 6.35. The molecule has 0 heterocycles. The van der Waals surface area contributed by atoms with E-state index in [1.165, 1.54) is 212 Å². The first-order valence-electron chi connectivity index (χ1n) is 20.1. The van der Waals surface area contributed by atoms with Gasteiger partial charge in [0.2, 0.25) is 5.91 Å². The second-order valence-corrected chi connectivity index (χ2v) is 13.8. The molecule has 0 unspecified atom stereocenters. The fourth-order valence-electron chi connectivity index (χ4n) is 6.35. The molecule has 42 heavy (non-hydrogen) atoms. The first kappa shape index (κ1) is 41.5. The molecule has 0 rings (SSSR count). The number of nitrogens with one attached hydrogen (secondary N) is 1. The monoisotopic (exact) mass is 592 g/mol. The average Bonchev–Trinajstić information content (AvgIpc) is 3.00. The van der Waals surface area contributed by atoms with Gasteiger partial charge in [-0.3, -0.25) is 4.79 Å². The first-order valence-corrected chi connectivity index (χ1v) is 20.1. The van der Waals surface area contributed by atoms with Gasteiger partial charge in [-0.1, -0.05) is 226 Å². The molecule has 0 saturated heterocycles. The lowest BCUT2D eigenvalue weighted by Crippen LogP contribution is -2.23. The smallest absolute Gasteiger partial charge is 0.219 e. The number of amides is 1. The SMILES string of the molecule is CCCCCCCCCCCCCCCCCCCCCC(=O)NCCCCCCCCCCCCCCCCCC. The summed E-state index contributed by atoms with van der Waals surface area (Å²) in [6.07, 6.45) is 49.7. The van der Waals surface area contributed by atoms with Crippen LogP contribution in [0.2, 0.25) is 0 Å². The summed E-state index contributed by atoms with van der Waals surface area (Å²) < 4.78 is 0. The van der Waals surface area contributed by atoms with E-state index in [9.17, 15) is 4.79 Å². The van der Waals surface area contributed by atoms with Crippen molar-refractivity contribution in [3.8, 4) is 0 Å². The van der Waals surface area contributed by atoms with E-state index in [0.29, 0.717) is 0 Å². The third-order valence-corrected chi connectivity index (χ3v) is 9.36. The summed E-state index contributed by atoms with van der Waals surface area (Å²) in [4.78, 5) is 12.1. The first-order chi connectivity index (χ1) is 20.8. The second kappa shape index (κ2) is 38.5. The molecule has 1 amide bonds. The van der Waals surface area contributed by atoms with Gasteiger partial charge in [0.1, 0.15) is 0 Å². The average molecular weight is 592 g/mol. The Kier molecular flexibility index (Phi) is 38.0. The molecule has 252 valence electrons. The molecule has 0 aromatic heterocycles. The van der Waals surface area contributed by atoms with Crippen LogP contribution in [0.3, 0.4) is 0 Å². The Morgan fingerprint density at radius 1 is 0.310 bits per heavy atom. The van der Waals surface area contributed by atoms with Crippen LogP contribution < -0.4 is 5.32 Å². The molecule has 2 heteroatoms. The maximum atomic E-state index is 12.1. The Bertz CT molecular complexity index is 490. The number of rotatable bonds is 37. The van der Waals surface area contributed by atoms with Gasteiger partial charge in [-0.15, -0.1) is 0 Å². The van der Waals surface area contributed by atoms with Gasteiger partial charge in [0.05, 0.1) is 0 Å². The normalized spacial score (nSPS) is 11.4. The van der Waals surface area contributed by atoms with Crippen LogP contribution in [0.25, 0.3) is 0 Å². The summed E-state index contributed by atoms with van der Waals surface area (Å²) in [5.41, 5.74) is 0. The topological polar surface area (TPSA) is 29.1 Å². The van der Waals surface area contributed by atoms with E-state index in [1.807, 2.05) is 0 Å². The molecule has 1 N–H and O–H groups in total. The Morgan fingerprint density at radius 3 is 0.786 bits per heavy atom. The molecule has 2 nitrogen and oxygen atoms in total. The molecule has 0 fully saturated rings. The fraction of sp³-hybridized carbons (Fsp3) is 0.975. The van der Waals surface area contributed by atoms with Gasteiger partial charge in [0.25, 0.3) is 0 Å². The van der Waals surface area contributed by atoms with Crippen molar-refractivity contribution in [1.29, 1.82) is 0 Å². The standard InChI is InChI=1S/C40H81NO/c1-3-5-7-9-11-13-15-17-19-21-22-23-24-26-28-30-32-34-36-38-40(42)41-39-37-35-33-31-29-27-25-20-18-16-14-12-10-8-6-4-2/h3-39H2,1-2H3,(H,41,42). The van der Waals surface area contributed by atoms with Crippen molar-refractivity contribution in [2.75, 3.05) is 6.54 Å². The largest absolute Gasteiger partial charge is 0.356 e. The van der Waals surface area contributed by atoms with Crippen LogP contribution >= 0.6 is 0 Å². The predicted octanol–water partition coefficient (Wildman–Crippen LogP) is 14.2. The number of carbonyl (C=O) groups is 1. The second-order valence-electron chi connectivity index (χ2n) is 13.8. The molecule has 0 aliphatic heterocycles. The number of hydrogen-bond acceptors (Lipinski definition) is 1. The molecule has 0 aromatic carbocycles. The minimum absolute atomic E-state index is 0.280. The maximum Gasteiger partial charge on any atom is 0.219 e. The Labute approximate surface area is 267 Å². The van der Waals surface area contributed by atoms with E-state index < -0.39 is 0 Å². The lowest BCUT2D eigenvalue weighted by atomic mass is 10.0. The van der Waals surface area contributed by atoms with Crippen LogP contribution in [0.1, 0.15) is 245 Å².